The summed E-state index contributed by atoms with van der Waals surface area (Å²) in [6.07, 6.45) is 2.34. The molecule has 1 atom stereocenters. The van der Waals surface area contributed by atoms with Gasteiger partial charge in [0.15, 0.2) is 0 Å². The minimum Gasteiger partial charge on any atom is -0.495 e. The minimum absolute atomic E-state index is 0.0834. The third kappa shape index (κ3) is 4.14. The van der Waals surface area contributed by atoms with Crippen LogP contribution in [0.1, 0.15) is 39.3 Å². The van der Waals surface area contributed by atoms with E-state index in [-0.39, 0.29) is 17.0 Å². The van der Waals surface area contributed by atoms with Gasteiger partial charge in [0.05, 0.1) is 17.7 Å². The molecule has 134 valence electrons. The maximum atomic E-state index is 12.5. The Labute approximate surface area is 145 Å². The first-order chi connectivity index (χ1) is 11.6. The van der Waals surface area contributed by atoms with Gasteiger partial charge in [0.1, 0.15) is 24.2 Å². The molecular formula is C17H22N4O4. The lowest BCUT2D eigenvalue weighted by Crippen LogP contribution is -2.24. The molecule has 0 radical (unpaired) electrons. The Balaban J connectivity index is 2.25. The fraction of sp³-hybridized carbons (Fsp3) is 0.412. The first-order valence-electron chi connectivity index (χ1n) is 7.81. The van der Waals surface area contributed by atoms with Crippen molar-refractivity contribution in [3.05, 3.63) is 46.3 Å². The van der Waals surface area contributed by atoms with Gasteiger partial charge in [-0.15, -0.1) is 0 Å². The van der Waals surface area contributed by atoms with Crippen molar-refractivity contribution in [2.75, 3.05) is 12.4 Å². The van der Waals surface area contributed by atoms with Gasteiger partial charge in [-0.3, -0.25) is 19.6 Å². The average Bonchev–Trinajstić information content (AvgIpc) is 3.03. The molecule has 0 aliphatic rings. The highest BCUT2D eigenvalue weighted by Gasteiger charge is 2.22. The van der Waals surface area contributed by atoms with E-state index in [1.807, 2.05) is 12.1 Å². The van der Waals surface area contributed by atoms with Crippen molar-refractivity contribution >= 4 is 17.3 Å². The monoisotopic (exact) mass is 346 g/mol. The van der Waals surface area contributed by atoms with Gasteiger partial charge in [-0.2, -0.15) is 5.10 Å². The number of methoxy groups -OCH3 is 1. The van der Waals surface area contributed by atoms with Crippen molar-refractivity contribution in [2.24, 2.45) is 0 Å². The second-order valence-corrected chi connectivity index (χ2v) is 6.77. The standard InChI is InChI=1S/C17H22N4O4/c1-11(20-10-13(9-18-20)21(23)24)16(22)19-14-8-12(17(2,3)4)6-7-15(14)25-5/h6-11H,1-5H3,(H,19,22)/t11-/m0/s1. The van der Waals surface area contributed by atoms with Gasteiger partial charge in [-0.05, 0) is 30.0 Å². The number of hydrogen-bond donors (Lipinski definition) is 1. The van der Waals surface area contributed by atoms with Crippen molar-refractivity contribution in [3.8, 4) is 5.75 Å². The zero-order valence-electron chi connectivity index (χ0n) is 14.9. The van der Waals surface area contributed by atoms with Crippen molar-refractivity contribution in [3.63, 3.8) is 0 Å². The third-order valence-electron chi connectivity index (χ3n) is 3.90. The summed E-state index contributed by atoms with van der Waals surface area (Å²) in [5.41, 5.74) is 1.35. The summed E-state index contributed by atoms with van der Waals surface area (Å²) < 4.78 is 6.57. The normalized spacial score (nSPS) is 12.5. The number of carbonyl (C=O) groups is 1. The van der Waals surface area contributed by atoms with E-state index in [2.05, 4.69) is 31.2 Å². The Morgan fingerprint density at radius 2 is 2.08 bits per heavy atom. The van der Waals surface area contributed by atoms with Crippen LogP contribution < -0.4 is 10.1 Å². The summed E-state index contributed by atoms with van der Waals surface area (Å²) in [5.74, 6) is 0.197. The predicted octanol–water partition coefficient (Wildman–Crippen LogP) is 3.30. The number of rotatable bonds is 5. The molecule has 2 aromatic rings. The maximum absolute atomic E-state index is 12.5. The van der Waals surface area contributed by atoms with E-state index < -0.39 is 11.0 Å². The highest BCUT2D eigenvalue weighted by molar-refractivity contribution is 5.95. The topological polar surface area (TPSA) is 99.3 Å². The number of nitro groups is 1. The van der Waals surface area contributed by atoms with Gasteiger partial charge >= 0.3 is 5.69 Å². The Hall–Kier alpha value is -2.90. The van der Waals surface area contributed by atoms with Crippen LogP contribution in [0.4, 0.5) is 11.4 Å². The van der Waals surface area contributed by atoms with Crippen LogP contribution in [0.5, 0.6) is 5.75 Å². The van der Waals surface area contributed by atoms with Crippen LogP contribution in [0.25, 0.3) is 0 Å². The van der Waals surface area contributed by atoms with Crippen LogP contribution in [-0.4, -0.2) is 27.7 Å². The molecule has 0 fully saturated rings. The molecule has 1 aromatic heterocycles. The number of nitrogens with one attached hydrogen (secondary N) is 1. The van der Waals surface area contributed by atoms with Crippen molar-refractivity contribution in [1.29, 1.82) is 0 Å². The van der Waals surface area contributed by atoms with E-state index in [0.717, 1.165) is 11.8 Å². The largest absolute Gasteiger partial charge is 0.495 e. The van der Waals surface area contributed by atoms with Crippen molar-refractivity contribution in [2.45, 2.75) is 39.2 Å². The van der Waals surface area contributed by atoms with E-state index in [1.54, 1.807) is 13.0 Å². The molecule has 8 nitrogen and oxygen atoms in total. The molecule has 0 bridgehead atoms. The zero-order chi connectivity index (χ0) is 18.8. The smallest absolute Gasteiger partial charge is 0.307 e. The third-order valence-corrected chi connectivity index (χ3v) is 3.90. The molecule has 0 saturated heterocycles. The van der Waals surface area contributed by atoms with Crippen LogP contribution in [0.2, 0.25) is 0 Å². The second-order valence-electron chi connectivity index (χ2n) is 6.77. The molecule has 0 aliphatic carbocycles. The maximum Gasteiger partial charge on any atom is 0.307 e. The van der Waals surface area contributed by atoms with Gasteiger partial charge in [-0.25, -0.2) is 0 Å². The van der Waals surface area contributed by atoms with Crippen LogP contribution in [0, 0.1) is 10.1 Å². The lowest BCUT2D eigenvalue weighted by Gasteiger charge is -2.22. The quantitative estimate of drug-likeness (QED) is 0.661. The van der Waals surface area contributed by atoms with Gasteiger partial charge in [-0.1, -0.05) is 26.8 Å². The van der Waals surface area contributed by atoms with Crippen molar-refractivity contribution < 1.29 is 14.5 Å². The molecule has 1 heterocycles. The van der Waals surface area contributed by atoms with Crippen molar-refractivity contribution in [1.82, 2.24) is 9.78 Å². The van der Waals surface area contributed by atoms with Gasteiger partial charge in [0.2, 0.25) is 5.91 Å². The SMILES string of the molecule is COc1ccc(C(C)(C)C)cc1NC(=O)[C@H](C)n1cc([N+](=O)[O-])cn1. The van der Waals surface area contributed by atoms with Crippen LogP contribution in [0.3, 0.4) is 0 Å². The number of anilines is 1. The van der Waals surface area contributed by atoms with Crippen LogP contribution >= 0.6 is 0 Å². The summed E-state index contributed by atoms with van der Waals surface area (Å²) in [7, 11) is 1.53. The van der Waals surface area contributed by atoms with E-state index in [4.69, 9.17) is 4.74 Å². The predicted molar refractivity (Wildman–Crippen MR) is 93.9 cm³/mol. The summed E-state index contributed by atoms with van der Waals surface area (Å²) in [6.45, 7) is 7.84. The number of hydrogen-bond acceptors (Lipinski definition) is 5. The molecule has 0 unspecified atom stereocenters. The molecule has 1 N–H and O–H groups in total. The fourth-order valence-corrected chi connectivity index (χ4v) is 2.26. The number of ether oxygens (including phenoxy) is 1. The lowest BCUT2D eigenvalue weighted by molar-refractivity contribution is -0.385. The fourth-order valence-electron chi connectivity index (χ4n) is 2.26. The van der Waals surface area contributed by atoms with Crippen LogP contribution in [0.15, 0.2) is 30.6 Å². The molecule has 2 rings (SSSR count). The summed E-state index contributed by atoms with van der Waals surface area (Å²) in [4.78, 5) is 22.7. The minimum atomic E-state index is -0.711. The molecule has 1 amide bonds. The number of nitrogens with zero attached hydrogens (tertiary/aromatic N) is 3. The Morgan fingerprint density at radius 1 is 1.40 bits per heavy atom. The molecule has 8 heteroatoms. The van der Waals surface area contributed by atoms with E-state index >= 15 is 0 Å². The van der Waals surface area contributed by atoms with Gasteiger partial charge in [0, 0.05) is 0 Å². The molecule has 0 saturated carbocycles. The summed E-state index contributed by atoms with van der Waals surface area (Å²) >= 11 is 0. The zero-order valence-corrected chi connectivity index (χ0v) is 14.9. The Bertz CT molecular complexity index is 792. The Morgan fingerprint density at radius 3 is 2.60 bits per heavy atom. The molecule has 1 aromatic carbocycles. The van der Waals surface area contributed by atoms with E-state index in [9.17, 15) is 14.9 Å². The van der Waals surface area contributed by atoms with E-state index in [1.165, 1.54) is 18.0 Å². The highest BCUT2D eigenvalue weighted by atomic mass is 16.6. The van der Waals surface area contributed by atoms with Gasteiger partial charge < -0.3 is 10.1 Å². The first kappa shape index (κ1) is 18.4. The number of benzene rings is 1. The summed E-state index contributed by atoms with van der Waals surface area (Å²) in [5, 5.41) is 17.4. The number of carbonyl (C=O) groups excluding carboxylic acids is 1. The summed E-state index contributed by atoms with van der Waals surface area (Å²) in [6, 6.07) is 4.92. The Kier molecular flexibility index (Phi) is 5.10. The molecule has 0 spiro atoms. The lowest BCUT2D eigenvalue weighted by atomic mass is 9.87. The average molecular weight is 346 g/mol. The highest BCUT2D eigenvalue weighted by Crippen LogP contribution is 2.32. The first-order valence-corrected chi connectivity index (χ1v) is 7.81. The number of amides is 1. The number of aromatic nitrogens is 2. The molecule has 0 aliphatic heterocycles. The van der Waals surface area contributed by atoms with E-state index in [0.29, 0.717) is 11.4 Å². The molecular weight excluding hydrogens is 324 g/mol. The van der Waals surface area contributed by atoms with Gasteiger partial charge in [0.25, 0.3) is 0 Å². The second kappa shape index (κ2) is 6.92. The molecule has 25 heavy (non-hydrogen) atoms. The van der Waals surface area contributed by atoms with Crippen LogP contribution in [-0.2, 0) is 10.2 Å².